The molecule has 0 aliphatic heterocycles. The van der Waals surface area contributed by atoms with E-state index in [4.69, 9.17) is 23.8 Å². The topological polar surface area (TPSA) is 174 Å². The van der Waals surface area contributed by atoms with Gasteiger partial charge in [0.1, 0.15) is 11.5 Å². The van der Waals surface area contributed by atoms with E-state index >= 15 is 0 Å². The number of nitrogens with zero attached hydrogens (tertiary/aromatic N) is 7. The van der Waals surface area contributed by atoms with Gasteiger partial charge in [0.25, 0.3) is 0 Å². The maximum atomic E-state index is 13.0. The molecule has 6 unspecified atom stereocenters. The molecule has 10 saturated carbocycles. The van der Waals surface area contributed by atoms with Crippen molar-refractivity contribution in [3.8, 4) is 5.75 Å². The van der Waals surface area contributed by atoms with Gasteiger partial charge in [-0.05, 0) is 393 Å². The van der Waals surface area contributed by atoms with Gasteiger partial charge in [0.05, 0.1) is 0 Å². The summed E-state index contributed by atoms with van der Waals surface area (Å²) in [6.07, 6.45) is 46.2. The Morgan fingerprint density at radius 2 is 0.922 bits per heavy atom. The van der Waals surface area contributed by atoms with Crippen LogP contribution in [0.4, 0.5) is 18.0 Å². The van der Waals surface area contributed by atoms with Crippen molar-refractivity contribution in [2.24, 2.45) is 107 Å². The van der Waals surface area contributed by atoms with Crippen LogP contribution < -0.4 is 61.1 Å². The Labute approximate surface area is 734 Å². The number of benzene rings is 3. The van der Waals surface area contributed by atoms with E-state index in [1.807, 2.05) is 43.7 Å². The van der Waals surface area contributed by atoms with E-state index in [0.29, 0.717) is 83.1 Å². The monoisotopic (exact) mass is 1630 g/mol. The van der Waals surface area contributed by atoms with E-state index in [9.17, 15) is 21.6 Å². The number of rotatable bonds is 9. The Morgan fingerprint density at radius 3 is 1.39 bits per heavy atom. The molecule has 22 atom stereocenters. The number of allylic oxidation sites excluding steroid dienone is 4. The SMILES string of the molecule is C=NC(=O)[O-].CN(C)[C@H]1CC[C@@]2(C)C(CC[C@@H]3C2CC[C@]2(C)C(OS(=O)(=O)C(F)(F)F)=CC[C@@]32C)C1.CN(C)[C@H]1CC[C@@]2(C)C(CC[C@@H]3C2CC[C@]2(C)C(c4ccc5ccncc5c4)=CC[C@@]32C)C1.CN(C)[C@H]1CC[C@@]2(C)C(CC[C@@H]3C2CC[C@]2(C)[C@@H](c4ccc5ccncc5c4)CC[C@@]32C)C1.O[B]Oc1ccc2ccncc2c1.[K+]. The molecule has 6 aromatic rings. The number of fused-ring (bicyclic) bond motifs is 18. The fraction of sp³-hybridized carbons (Fsp3) is 0.656. The van der Waals surface area contributed by atoms with Gasteiger partial charge in [-0.1, -0.05) is 98.7 Å². The van der Waals surface area contributed by atoms with Gasteiger partial charge in [0.2, 0.25) is 0 Å². The molecule has 1 radical (unpaired) electrons. The molecular weight excluding hydrogens is 1500 g/mol. The summed E-state index contributed by atoms with van der Waals surface area (Å²) in [5, 5.41) is 24.7. The molecule has 20 heteroatoms. The zero-order valence-electron chi connectivity index (χ0n) is 72.6. The summed E-state index contributed by atoms with van der Waals surface area (Å²) >= 11 is 0. The molecule has 12 aliphatic rings. The first-order chi connectivity index (χ1) is 54.3. The van der Waals surface area contributed by atoms with Crippen LogP contribution in [0.25, 0.3) is 37.9 Å². The van der Waals surface area contributed by atoms with Crippen LogP contribution in [0.15, 0.2) is 133 Å². The summed E-state index contributed by atoms with van der Waals surface area (Å²) in [5.74, 6) is 8.38. The Balaban J connectivity index is 0.000000136. The number of pyridine rings is 3. The zero-order valence-corrected chi connectivity index (χ0v) is 76.5. The molecule has 116 heavy (non-hydrogen) atoms. The molecule has 3 heterocycles. The summed E-state index contributed by atoms with van der Waals surface area (Å²) in [6, 6.07) is 28.3. The third kappa shape index (κ3) is 15.7. The van der Waals surface area contributed by atoms with Gasteiger partial charge in [-0.3, -0.25) is 15.0 Å². The molecule has 12 aliphatic carbocycles. The third-order valence-corrected chi connectivity index (χ3v) is 37.0. The van der Waals surface area contributed by atoms with Gasteiger partial charge in [0.15, 0.2) is 6.09 Å². The summed E-state index contributed by atoms with van der Waals surface area (Å²) in [6.45, 7) is 25.3. The number of aliphatic imine (C=N–C) groups is 1. The maximum absolute atomic E-state index is 13.0. The predicted octanol–water partition coefficient (Wildman–Crippen LogP) is 18.2. The average Bonchev–Trinajstić information content (AvgIpc) is 1.57. The number of hydrogen-bond acceptors (Lipinski definition) is 13. The molecular formula is C96H131BF3KN7O7S. The summed E-state index contributed by atoms with van der Waals surface area (Å²) < 4.78 is 72.0. The Kier molecular flexibility index (Phi) is 26.1. The fourth-order valence-electron chi connectivity index (χ4n) is 28.4. The van der Waals surface area contributed by atoms with Gasteiger partial charge in [0, 0.05) is 76.9 Å². The van der Waals surface area contributed by atoms with Crippen molar-refractivity contribution in [1.29, 1.82) is 0 Å². The second kappa shape index (κ2) is 33.9. The van der Waals surface area contributed by atoms with Crippen LogP contribution in [0, 0.1) is 102 Å². The number of amides is 1. The number of carbonyl (C=O) groups is 1. The van der Waals surface area contributed by atoms with Crippen LogP contribution in [0.1, 0.15) is 240 Å². The second-order valence-corrected chi connectivity index (χ2v) is 42.3. The van der Waals surface area contributed by atoms with Crippen LogP contribution in [0.5, 0.6) is 5.75 Å². The minimum Gasteiger partial charge on any atom is -0.537 e. The quantitative estimate of drug-likeness (QED) is 0.0627. The van der Waals surface area contributed by atoms with Crippen LogP contribution in [-0.2, 0) is 14.3 Å². The minimum absolute atomic E-state index is 0. The first-order valence-electron chi connectivity index (χ1n) is 43.6. The number of alkyl halides is 3. The van der Waals surface area contributed by atoms with E-state index in [2.05, 4.69) is 200 Å². The Morgan fingerprint density at radius 1 is 0.509 bits per heavy atom. The third-order valence-electron chi connectivity index (χ3n) is 36.1. The van der Waals surface area contributed by atoms with E-state index in [1.165, 1.54) is 156 Å². The average molecular weight is 1630 g/mol. The van der Waals surface area contributed by atoms with E-state index in [0.717, 1.165) is 77.6 Å². The molecule has 1 N–H and O–H groups in total. The van der Waals surface area contributed by atoms with Gasteiger partial charge in [-0.15, -0.1) is 0 Å². The van der Waals surface area contributed by atoms with Crippen LogP contribution in [0.3, 0.4) is 0 Å². The fourth-order valence-corrected chi connectivity index (χ4v) is 28.9. The van der Waals surface area contributed by atoms with Crippen molar-refractivity contribution in [3.63, 3.8) is 0 Å². The van der Waals surface area contributed by atoms with Crippen molar-refractivity contribution < 1.29 is 96.7 Å². The predicted molar refractivity (Wildman–Crippen MR) is 456 cm³/mol. The normalized spacial score (nSPS) is 38.4. The van der Waals surface area contributed by atoms with E-state index < -0.39 is 27.1 Å². The number of hydrogen-bond donors (Lipinski definition) is 1. The summed E-state index contributed by atoms with van der Waals surface area (Å²) in [4.78, 5) is 31.6. The van der Waals surface area contributed by atoms with Crippen molar-refractivity contribution in [1.82, 2.24) is 29.7 Å². The summed E-state index contributed by atoms with van der Waals surface area (Å²) in [5.41, 5.74) is 1.23. The number of carbonyl (C=O) groups excluding carboxylic acids is 1. The van der Waals surface area contributed by atoms with Crippen LogP contribution in [-0.4, -0.2) is 130 Å². The molecule has 3 aromatic heterocycles. The van der Waals surface area contributed by atoms with Crippen molar-refractivity contribution in [2.45, 2.75) is 252 Å². The molecule has 0 bridgehead atoms. The first kappa shape index (κ1) is 89.2. The second-order valence-electron chi connectivity index (χ2n) is 40.7. The molecule has 623 valence electrons. The molecule has 14 nitrogen and oxygen atoms in total. The molecule has 18 rings (SSSR count). The van der Waals surface area contributed by atoms with Crippen LogP contribution >= 0.6 is 0 Å². The number of halogens is 3. The number of carboxylic acid groups (broad SMARTS) is 1. The van der Waals surface area contributed by atoms with Crippen molar-refractivity contribution >= 4 is 68.5 Å². The maximum Gasteiger partial charge on any atom is 1.00 e. The largest absolute Gasteiger partial charge is 1.00 e. The van der Waals surface area contributed by atoms with Gasteiger partial charge >= 0.3 is 74.7 Å². The molecule has 0 spiro atoms. The molecule has 1 amide bonds. The Bertz CT molecular complexity index is 4690. The minimum atomic E-state index is -5.64. The van der Waals surface area contributed by atoms with Crippen molar-refractivity contribution in [2.75, 3.05) is 42.3 Å². The van der Waals surface area contributed by atoms with E-state index in [1.54, 1.807) is 35.7 Å². The Hall–Kier alpha value is -4.61. The van der Waals surface area contributed by atoms with Gasteiger partial charge < -0.3 is 38.5 Å². The van der Waals surface area contributed by atoms with E-state index in [-0.39, 0.29) is 73.4 Å². The number of aromatic nitrogens is 3. The smallest absolute Gasteiger partial charge is 0.537 e. The standard InChI is InChI=1S/C31H44N2.C31H42N2.C23H36F3NO3S.C9H7BNO2.C2H3NO2.K/c2*1-29-14-10-25(33(4)5)19-24(29)8-9-28-27(29)12-16-30(2)26(11-15-31(28,30)3)22-7-6-21-13-17-32-20-23(21)18-22;1-20-11-8-16(27(4)5)14-15(20)6-7-18-17(20)9-12-22(3)19(10-13-21(18,22)2)30-31(28,29)23(24,25)26;12-10-13-9-2-1-7-3-4-11-6-8(7)5-9;1-3-2(4)5;/h6-7,13,17-18,20,24-28H,8-12,14-16,19H2,1-5H3;6-7,11,13,17-18,20,24-25,27-28H,8-10,12,14-16,19H2,1-5H3;10,15-18H,6-9,11-14H2,1-5H3;1-6,12H;1H2,(H,4,5);/q;;;;;+1/p-1/t24?,25-,26+,27?,28+,29-,30+,31-;24?,25-,27?,28+,29-,30+,31-;15?,16-,17?,18+,20-,21-,22+;;;/m000.../s1. The summed E-state index contributed by atoms with van der Waals surface area (Å²) in [7, 11) is 8.52. The van der Waals surface area contributed by atoms with Crippen LogP contribution in [0.2, 0.25) is 0 Å². The first-order valence-corrected chi connectivity index (χ1v) is 45.0. The van der Waals surface area contributed by atoms with Crippen molar-refractivity contribution in [3.05, 3.63) is 139 Å². The van der Waals surface area contributed by atoms with Gasteiger partial charge in [-0.25, -0.2) is 4.99 Å². The molecule has 3 aromatic carbocycles. The van der Waals surface area contributed by atoms with Gasteiger partial charge in [-0.2, -0.15) is 21.6 Å². The zero-order chi connectivity index (χ0) is 82.4. The molecule has 0 saturated heterocycles. The molecule has 10 fully saturated rings.